The van der Waals surface area contributed by atoms with Gasteiger partial charge in [-0.3, -0.25) is 0 Å². The molecule has 2 N–H and O–H groups in total. The normalized spacial score (nSPS) is 16.1. The Hall–Kier alpha value is -0.570. The molecule has 0 heterocycles. The van der Waals surface area contributed by atoms with Gasteiger partial charge in [0, 0.05) is 0 Å². The molecule has 0 aliphatic heterocycles. The van der Waals surface area contributed by atoms with Crippen molar-refractivity contribution < 1.29 is 15.0 Å². The summed E-state index contributed by atoms with van der Waals surface area (Å²) in [5.74, 6) is -0.828. The fourth-order valence-electron chi connectivity index (χ4n) is 1.23. The molecule has 0 aromatic heterocycles. The average molecular weight is 174 g/mol. The van der Waals surface area contributed by atoms with Gasteiger partial charge in [0.25, 0.3) is 0 Å². The van der Waals surface area contributed by atoms with E-state index in [9.17, 15) is 9.90 Å². The molecule has 0 bridgehead atoms. The van der Waals surface area contributed by atoms with Gasteiger partial charge in [0.1, 0.15) is 0 Å². The van der Waals surface area contributed by atoms with E-state index >= 15 is 0 Å². The maximum atomic E-state index is 10.5. The fourth-order valence-corrected chi connectivity index (χ4v) is 1.23. The zero-order chi connectivity index (χ0) is 9.78. The molecule has 1 atom stereocenters. The second-order valence-corrected chi connectivity index (χ2v) is 3.47. The van der Waals surface area contributed by atoms with E-state index in [-0.39, 0.29) is 0 Å². The summed E-state index contributed by atoms with van der Waals surface area (Å²) in [5.41, 5.74) is -1.56. The third-order valence-electron chi connectivity index (χ3n) is 2.30. The first-order valence-corrected chi connectivity index (χ1v) is 4.39. The zero-order valence-corrected chi connectivity index (χ0v) is 8.00. The van der Waals surface area contributed by atoms with Gasteiger partial charge < -0.3 is 10.2 Å². The summed E-state index contributed by atoms with van der Waals surface area (Å²) in [5, 5.41) is 18.1. The first-order chi connectivity index (χ1) is 5.44. The number of rotatable bonds is 5. The van der Waals surface area contributed by atoms with Crippen LogP contribution in [0.2, 0.25) is 0 Å². The van der Waals surface area contributed by atoms with Crippen molar-refractivity contribution in [1.82, 2.24) is 0 Å². The minimum Gasteiger partial charge on any atom is -0.479 e. The third-order valence-corrected chi connectivity index (χ3v) is 2.30. The standard InChI is InChI=1S/C9H18O3/c1-4-7(5-2)6-9(3,12)8(10)11/h7,12H,4-6H2,1-3H3,(H,10,11). The van der Waals surface area contributed by atoms with Crippen molar-refractivity contribution in [3.8, 4) is 0 Å². The van der Waals surface area contributed by atoms with Crippen molar-refractivity contribution in [2.75, 3.05) is 0 Å². The van der Waals surface area contributed by atoms with Gasteiger partial charge in [-0.1, -0.05) is 26.7 Å². The Bertz CT molecular complexity index is 148. The third kappa shape index (κ3) is 3.22. The van der Waals surface area contributed by atoms with Crippen molar-refractivity contribution in [1.29, 1.82) is 0 Å². The van der Waals surface area contributed by atoms with Gasteiger partial charge >= 0.3 is 5.97 Å². The summed E-state index contributed by atoms with van der Waals surface area (Å²) in [7, 11) is 0. The van der Waals surface area contributed by atoms with Gasteiger partial charge in [-0.15, -0.1) is 0 Å². The molecule has 3 heteroatoms. The van der Waals surface area contributed by atoms with Gasteiger partial charge in [-0.05, 0) is 19.3 Å². The number of hydrogen-bond acceptors (Lipinski definition) is 2. The molecule has 0 rings (SSSR count). The molecule has 1 unspecified atom stereocenters. The van der Waals surface area contributed by atoms with Gasteiger partial charge in [0.2, 0.25) is 0 Å². The minimum atomic E-state index is -1.56. The molecule has 3 nitrogen and oxygen atoms in total. The van der Waals surface area contributed by atoms with Crippen LogP contribution in [0.1, 0.15) is 40.0 Å². The molecule has 72 valence electrons. The lowest BCUT2D eigenvalue weighted by atomic mass is 9.89. The molecule has 0 saturated carbocycles. The molecule has 0 radical (unpaired) electrons. The van der Waals surface area contributed by atoms with Crippen LogP contribution >= 0.6 is 0 Å². The lowest BCUT2D eigenvalue weighted by Gasteiger charge is -2.22. The van der Waals surface area contributed by atoms with E-state index in [1.54, 1.807) is 0 Å². The van der Waals surface area contributed by atoms with Crippen LogP contribution in [0.5, 0.6) is 0 Å². The predicted molar refractivity (Wildman–Crippen MR) is 46.9 cm³/mol. The summed E-state index contributed by atoms with van der Waals surface area (Å²) >= 11 is 0. The van der Waals surface area contributed by atoms with Crippen LogP contribution < -0.4 is 0 Å². The summed E-state index contributed by atoms with van der Waals surface area (Å²) in [4.78, 5) is 10.5. The molecule has 12 heavy (non-hydrogen) atoms. The molecule has 0 spiro atoms. The average Bonchev–Trinajstić information content (AvgIpc) is 2.00. The summed E-state index contributed by atoms with van der Waals surface area (Å²) < 4.78 is 0. The summed E-state index contributed by atoms with van der Waals surface area (Å²) in [6, 6.07) is 0. The minimum absolute atomic E-state index is 0.302. The first kappa shape index (κ1) is 11.4. The molecule has 0 fully saturated rings. The Balaban J connectivity index is 4.12. The summed E-state index contributed by atoms with van der Waals surface area (Å²) in [6.45, 7) is 5.37. The maximum absolute atomic E-state index is 10.5. The van der Waals surface area contributed by atoms with Gasteiger partial charge in [-0.2, -0.15) is 0 Å². The van der Waals surface area contributed by atoms with Crippen LogP contribution in [0.15, 0.2) is 0 Å². The lowest BCUT2D eigenvalue weighted by Crippen LogP contribution is -2.36. The molecule has 0 aromatic carbocycles. The van der Waals surface area contributed by atoms with E-state index in [0.29, 0.717) is 12.3 Å². The van der Waals surface area contributed by atoms with Crippen LogP contribution in [-0.2, 0) is 4.79 Å². The number of carboxylic acids is 1. The lowest BCUT2D eigenvalue weighted by molar-refractivity contribution is -0.158. The number of aliphatic carboxylic acids is 1. The molecule has 0 aliphatic rings. The predicted octanol–water partition coefficient (Wildman–Crippen LogP) is 1.65. The Morgan fingerprint density at radius 2 is 1.83 bits per heavy atom. The molecule has 0 saturated heterocycles. The van der Waals surface area contributed by atoms with Crippen LogP contribution in [0.25, 0.3) is 0 Å². The van der Waals surface area contributed by atoms with E-state index in [1.807, 2.05) is 13.8 Å². The van der Waals surface area contributed by atoms with Gasteiger partial charge in [0.05, 0.1) is 0 Å². The van der Waals surface area contributed by atoms with Crippen LogP contribution in [-0.4, -0.2) is 21.8 Å². The van der Waals surface area contributed by atoms with Crippen molar-refractivity contribution >= 4 is 5.97 Å². The topological polar surface area (TPSA) is 57.5 Å². The molecule has 0 aliphatic carbocycles. The fraction of sp³-hybridized carbons (Fsp3) is 0.889. The molecular formula is C9H18O3. The monoisotopic (exact) mass is 174 g/mol. The maximum Gasteiger partial charge on any atom is 0.335 e. The highest BCUT2D eigenvalue weighted by Gasteiger charge is 2.31. The molecule has 0 amide bonds. The Morgan fingerprint density at radius 1 is 1.42 bits per heavy atom. The van der Waals surface area contributed by atoms with Crippen molar-refractivity contribution in [2.45, 2.75) is 45.6 Å². The van der Waals surface area contributed by atoms with Gasteiger partial charge in [-0.25, -0.2) is 4.79 Å². The van der Waals surface area contributed by atoms with Crippen LogP contribution in [0, 0.1) is 5.92 Å². The second-order valence-electron chi connectivity index (χ2n) is 3.47. The highest BCUT2D eigenvalue weighted by molar-refractivity contribution is 5.76. The van der Waals surface area contributed by atoms with E-state index in [2.05, 4.69) is 0 Å². The SMILES string of the molecule is CCC(CC)CC(C)(O)C(=O)O. The van der Waals surface area contributed by atoms with E-state index in [0.717, 1.165) is 12.8 Å². The molecular weight excluding hydrogens is 156 g/mol. The van der Waals surface area contributed by atoms with Gasteiger partial charge in [0.15, 0.2) is 5.60 Å². The van der Waals surface area contributed by atoms with Crippen LogP contribution in [0.3, 0.4) is 0 Å². The highest BCUT2D eigenvalue weighted by atomic mass is 16.4. The van der Waals surface area contributed by atoms with Crippen molar-refractivity contribution in [3.05, 3.63) is 0 Å². The number of hydrogen-bond donors (Lipinski definition) is 2. The smallest absolute Gasteiger partial charge is 0.335 e. The number of carbonyl (C=O) groups is 1. The van der Waals surface area contributed by atoms with E-state index < -0.39 is 11.6 Å². The Morgan fingerprint density at radius 3 is 2.08 bits per heavy atom. The van der Waals surface area contributed by atoms with Crippen molar-refractivity contribution in [3.63, 3.8) is 0 Å². The molecule has 0 aromatic rings. The number of carboxylic acid groups (broad SMARTS) is 1. The number of aliphatic hydroxyl groups is 1. The highest BCUT2D eigenvalue weighted by Crippen LogP contribution is 2.21. The Kier molecular flexibility index (Phi) is 4.24. The van der Waals surface area contributed by atoms with E-state index in [4.69, 9.17) is 5.11 Å². The largest absolute Gasteiger partial charge is 0.479 e. The Labute approximate surface area is 73.4 Å². The van der Waals surface area contributed by atoms with Crippen LogP contribution in [0.4, 0.5) is 0 Å². The second kappa shape index (κ2) is 4.45. The van der Waals surface area contributed by atoms with E-state index in [1.165, 1.54) is 6.92 Å². The van der Waals surface area contributed by atoms with Crippen molar-refractivity contribution in [2.24, 2.45) is 5.92 Å². The zero-order valence-electron chi connectivity index (χ0n) is 8.00. The summed E-state index contributed by atoms with van der Waals surface area (Å²) in [6.07, 6.45) is 2.18. The quantitative estimate of drug-likeness (QED) is 0.666. The first-order valence-electron chi connectivity index (χ1n) is 4.39.